The number of hydrogen-bond donors (Lipinski definition) is 2. The molecule has 112 valence electrons. The van der Waals surface area contributed by atoms with E-state index in [1.807, 2.05) is 0 Å². The zero-order valence-electron chi connectivity index (χ0n) is 12.3. The molecule has 8 heteroatoms. The predicted octanol–water partition coefficient (Wildman–Crippen LogP) is 0.0863. The lowest BCUT2D eigenvalue weighted by Crippen LogP contribution is -2.50. The monoisotopic (exact) mass is 281 g/mol. The number of hydrogen-bond acceptors (Lipinski definition) is 8. The van der Waals surface area contributed by atoms with Crippen LogP contribution in [0, 0.1) is 0 Å². The number of ether oxygens (including phenoxy) is 1. The van der Waals surface area contributed by atoms with Crippen molar-refractivity contribution < 1.29 is 4.74 Å². The van der Waals surface area contributed by atoms with Gasteiger partial charge < -0.3 is 9.64 Å². The molecule has 0 aromatic carbocycles. The Morgan fingerprint density at radius 2 is 1.95 bits per heavy atom. The molecule has 1 atom stereocenters. The zero-order valence-corrected chi connectivity index (χ0v) is 12.3. The minimum Gasteiger partial charge on any atom is -0.467 e. The van der Waals surface area contributed by atoms with Gasteiger partial charge >= 0.3 is 6.01 Å². The van der Waals surface area contributed by atoms with E-state index in [0.29, 0.717) is 17.9 Å². The zero-order chi connectivity index (χ0) is 14.5. The molecule has 1 fully saturated rings. The number of nitrogens with zero attached hydrogens (tertiary/aromatic N) is 5. The van der Waals surface area contributed by atoms with Crippen molar-refractivity contribution in [1.29, 1.82) is 0 Å². The van der Waals surface area contributed by atoms with Crippen molar-refractivity contribution in [3.63, 3.8) is 0 Å². The van der Waals surface area contributed by atoms with Crippen LogP contribution in [-0.2, 0) is 0 Å². The van der Waals surface area contributed by atoms with Gasteiger partial charge in [0.2, 0.25) is 11.9 Å². The topological polar surface area (TPSA) is 92.4 Å². The minimum absolute atomic E-state index is 0.271. The molecule has 0 bridgehead atoms. The number of nitrogens with two attached hydrogens (primary N) is 1. The van der Waals surface area contributed by atoms with E-state index >= 15 is 0 Å². The first kappa shape index (κ1) is 14.7. The maximum Gasteiger partial charge on any atom is 0.322 e. The fraction of sp³-hybridized carbons (Fsp3) is 0.750. The van der Waals surface area contributed by atoms with Gasteiger partial charge in [-0.15, -0.1) is 0 Å². The summed E-state index contributed by atoms with van der Waals surface area (Å²) < 4.78 is 5.07. The van der Waals surface area contributed by atoms with Gasteiger partial charge in [-0.25, -0.2) is 5.84 Å². The summed E-state index contributed by atoms with van der Waals surface area (Å²) >= 11 is 0. The van der Waals surface area contributed by atoms with Crippen LogP contribution in [0.1, 0.15) is 20.3 Å². The Kier molecular flexibility index (Phi) is 4.91. The number of hydrazine groups is 1. The molecule has 2 heterocycles. The highest BCUT2D eigenvalue weighted by Crippen LogP contribution is 2.17. The molecule has 0 spiro atoms. The Morgan fingerprint density at radius 1 is 1.25 bits per heavy atom. The van der Waals surface area contributed by atoms with Gasteiger partial charge in [0.05, 0.1) is 7.11 Å². The van der Waals surface area contributed by atoms with Crippen LogP contribution in [0.15, 0.2) is 0 Å². The van der Waals surface area contributed by atoms with Crippen LogP contribution in [-0.4, -0.2) is 59.2 Å². The molecular formula is C12H23N7O. The van der Waals surface area contributed by atoms with Crippen molar-refractivity contribution in [2.75, 3.05) is 43.6 Å². The molecule has 8 nitrogen and oxygen atoms in total. The number of nitrogen functional groups attached to an aromatic ring is 1. The first-order chi connectivity index (χ1) is 9.67. The van der Waals surface area contributed by atoms with Gasteiger partial charge in [0.15, 0.2) is 0 Å². The second-order valence-electron chi connectivity index (χ2n) is 4.87. The molecule has 0 amide bonds. The fourth-order valence-electron chi connectivity index (χ4n) is 2.26. The summed E-state index contributed by atoms with van der Waals surface area (Å²) in [6.07, 6.45) is 1.17. The number of methoxy groups -OCH3 is 1. The minimum atomic E-state index is 0.271. The first-order valence-electron chi connectivity index (χ1n) is 6.93. The van der Waals surface area contributed by atoms with E-state index in [1.165, 1.54) is 13.5 Å². The van der Waals surface area contributed by atoms with Crippen LogP contribution >= 0.6 is 0 Å². The first-order valence-corrected chi connectivity index (χ1v) is 6.93. The number of piperazine rings is 1. The third-order valence-electron chi connectivity index (χ3n) is 3.73. The summed E-state index contributed by atoms with van der Waals surface area (Å²) in [5, 5.41) is 0. The van der Waals surface area contributed by atoms with E-state index in [-0.39, 0.29) is 6.01 Å². The van der Waals surface area contributed by atoms with Crippen molar-refractivity contribution in [3.05, 3.63) is 0 Å². The Bertz CT molecular complexity index is 412. The molecule has 1 saturated heterocycles. The van der Waals surface area contributed by atoms with Crippen LogP contribution in [0.2, 0.25) is 0 Å². The average molecular weight is 281 g/mol. The lowest BCUT2D eigenvalue weighted by atomic mass is 10.2. The van der Waals surface area contributed by atoms with Gasteiger partial charge in [-0.3, -0.25) is 10.3 Å². The van der Waals surface area contributed by atoms with Crippen molar-refractivity contribution in [1.82, 2.24) is 19.9 Å². The van der Waals surface area contributed by atoms with Crippen LogP contribution in [0.4, 0.5) is 11.9 Å². The Hall–Kier alpha value is -1.67. The normalized spacial score (nSPS) is 17.9. The van der Waals surface area contributed by atoms with E-state index in [4.69, 9.17) is 10.6 Å². The molecule has 1 aromatic heterocycles. The number of aromatic nitrogens is 3. The molecule has 0 radical (unpaired) electrons. The lowest BCUT2D eigenvalue weighted by molar-refractivity contribution is 0.192. The third-order valence-corrected chi connectivity index (χ3v) is 3.73. The SMILES string of the molecule is CCC(C)N1CCN(c2nc(NN)nc(OC)n2)CC1. The van der Waals surface area contributed by atoms with E-state index < -0.39 is 0 Å². The summed E-state index contributed by atoms with van der Waals surface area (Å²) in [6.45, 7) is 8.27. The van der Waals surface area contributed by atoms with Gasteiger partial charge in [-0.05, 0) is 13.3 Å². The Labute approximate surface area is 119 Å². The third kappa shape index (κ3) is 3.26. The van der Waals surface area contributed by atoms with Crippen LogP contribution in [0.5, 0.6) is 6.01 Å². The summed E-state index contributed by atoms with van der Waals surface area (Å²) in [4.78, 5) is 17.2. The molecule has 2 rings (SSSR count). The van der Waals surface area contributed by atoms with E-state index in [2.05, 4.69) is 44.0 Å². The molecule has 0 saturated carbocycles. The number of anilines is 2. The standard InChI is InChI=1S/C12H23N7O/c1-4-9(2)18-5-7-19(8-6-18)11-14-10(17-13)15-12(16-11)20-3/h9H,4-8,13H2,1-3H3,(H,14,15,16,17). The van der Waals surface area contributed by atoms with Gasteiger partial charge in [0.25, 0.3) is 0 Å². The van der Waals surface area contributed by atoms with E-state index in [0.717, 1.165) is 26.2 Å². The highest BCUT2D eigenvalue weighted by Gasteiger charge is 2.22. The van der Waals surface area contributed by atoms with E-state index in [1.54, 1.807) is 0 Å². The molecule has 1 aliphatic heterocycles. The maximum absolute atomic E-state index is 5.37. The Morgan fingerprint density at radius 3 is 2.50 bits per heavy atom. The molecule has 3 N–H and O–H groups in total. The molecule has 1 aromatic rings. The van der Waals surface area contributed by atoms with Crippen LogP contribution < -0.4 is 20.9 Å². The van der Waals surface area contributed by atoms with Crippen molar-refractivity contribution in [2.24, 2.45) is 5.84 Å². The average Bonchev–Trinajstić information content (AvgIpc) is 2.53. The molecular weight excluding hydrogens is 258 g/mol. The van der Waals surface area contributed by atoms with Crippen molar-refractivity contribution in [2.45, 2.75) is 26.3 Å². The van der Waals surface area contributed by atoms with Gasteiger partial charge in [0, 0.05) is 32.2 Å². The van der Waals surface area contributed by atoms with Crippen LogP contribution in [0.25, 0.3) is 0 Å². The Balaban J connectivity index is 2.06. The fourth-order valence-corrected chi connectivity index (χ4v) is 2.26. The quantitative estimate of drug-likeness (QED) is 0.579. The molecule has 20 heavy (non-hydrogen) atoms. The molecule has 0 aliphatic carbocycles. The maximum atomic E-state index is 5.37. The van der Waals surface area contributed by atoms with Crippen LogP contribution in [0.3, 0.4) is 0 Å². The predicted molar refractivity (Wildman–Crippen MR) is 77.7 cm³/mol. The summed E-state index contributed by atoms with van der Waals surface area (Å²) in [5.74, 6) is 6.29. The van der Waals surface area contributed by atoms with Gasteiger partial charge in [-0.1, -0.05) is 6.92 Å². The molecule has 1 aliphatic rings. The second-order valence-corrected chi connectivity index (χ2v) is 4.87. The summed E-state index contributed by atoms with van der Waals surface area (Å²) in [6, 6.07) is 0.888. The highest BCUT2D eigenvalue weighted by molar-refractivity contribution is 5.38. The number of rotatable bonds is 5. The highest BCUT2D eigenvalue weighted by atomic mass is 16.5. The smallest absolute Gasteiger partial charge is 0.322 e. The van der Waals surface area contributed by atoms with Crippen molar-refractivity contribution >= 4 is 11.9 Å². The summed E-state index contributed by atoms with van der Waals surface area (Å²) in [5.41, 5.74) is 2.44. The summed E-state index contributed by atoms with van der Waals surface area (Å²) in [7, 11) is 1.53. The van der Waals surface area contributed by atoms with Crippen molar-refractivity contribution in [3.8, 4) is 6.01 Å². The number of nitrogens with one attached hydrogen (secondary N) is 1. The lowest BCUT2D eigenvalue weighted by Gasteiger charge is -2.37. The largest absolute Gasteiger partial charge is 0.467 e. The second kappa shape index (κ2) is 6.67. The van der Waals surface area contributed by atoms with Gasteiger partial charge in [0.1, 0.15) is 0 Å². The van der Waals surface area contributed by atoms with Gasteiger partial charge in [-0.2, -0.15) is 15.0 Å². The molecule has 1 unspecified atom stereocenters. The van der Waals surface area contributed by atoms with E-state index in [9.17, 15) is 0 Å².